The first kappa shape index (κ1) is 15.3. The zero-order chi connectivity index (χ0) is 14.3. The van der Waals surface area contributed by atoms with Gasteiger partial charge in [0.2, 0.25) is 0 Å². The minimum Gasteiger partial charge on any atom is -0.487 e. The standard InChI is InChI=1S/C12H16F2N2O3/c1-2-5-15-7-9-6-10(16(17)18)3-4-11(9)19-8-12(13)14/h3-4,6,12,15H,2,5,7-8H2,1H3. The van der Waals surface area contributed by atoms with Crippen molar-refractivity contribution in [2.45, 2.75) is 26.3 Å². The fraction of sp³-hybridized carbons (Fsp3) is 0.500. The largest absolute Gasteiger partial charge is 0.487 e. The molecule has 0 aromatic heterocycles. The molecule has 0 radical (unpaired) electrons. The van der Waals surface area contributed by atoms with Crippen LogP contribution in [0.2, 0.25) is 0 Å². The quantitative estimate of drug-likeness (QED) is 0.450. The molecule has 0 fully saturated rings. The van der Waals surface area contributed by atoms with E-state index in [1.807, 2.05) is 6.92 Å². The minimum absolute atomic E-state index is 0.0855. The molecule has 0 saturated heterocycles. The molecule has 0 bridgehead atoms. The molecule has 0 heterocycles. The summed E-state index contributed by atoms with van der Waals surface area (Å²) in [4.78, 5) is 10.2. The zero-order valence-electron chi connectivity index (χ0n) is 10.6. The summed E-state index contributed by atoms with van der Waals surface area (Å²) >= 11 is 0. The van der Waals surface area contributed by atoms with Crippen molar-refractivity contribution >= 4 is 5.69 Å². The van der Waals surface area contributed by atoms with Gasteiger partial charge in [-0.3, -0.25) is 10.1 Å². The number of halogens is 2. The molecule has 5 nitrogen and oxygen atoms in total. The van der Waals surface area contributed by atoms with E-state index >= 15 is 0 Å². The molecule has 7 heteroatoms. The highest BCUT2D eigenvalue weighted by Gasteiger charge is 2.13. The van der Waals surface area contributed by atoms with E-state index in [0.717, 1.165) is 13.0 Å². The second-order valence-corrected chi connectivity index (χ2v) is 3.93. The molecule has 106 valence electrons. The maximum absolute atomic E-state index is 12.1. The first-order valence-electron chi connectivity index (χ1n) is 5.93. The molecule has 0 spiro atoms. The summed E-state index contributed by atoms with van der Waals surface area (Å²) in [5, 5.41) is 13.7. The van der Waals surface area contributed by atoms with Gasteiger partial charge in [-0.25, -0.2) is 8.78 Å². The molecule has 0 saturated carbocycles. The summed E-state index contributed by atoms with van der Waals surface area (Å²) in [7, 11) is 0. The van der Waals surface area contributed by atoms with Gasteiger partial charge in [-0.1, -0.05) is 6.92 Å². The molecule has 1 aromatic carbocycles. The number of ether oxygens (including phenoxy) is 1. The second-order valence-electron chi connectivity index (χ2n) is 3.93. The fourth-order valence-electron chi connectivity index (χ4n) is 1.51. The molecule has 0 unspecified atom stereocenters. The number of nitrogens with zero attached hydrogens (tertiary/aromatic N) is 1. The van der Waals surface area contributed by atoms with Gasteiger partial charge in [-0.05, 0) is 19.0 Å². The van der Waals surface area contributed by atoms with Crippen LogP contribution in [0.5, 0.6) is 5.75 Å². The van der Waals surface area contributed by atoms with Crippen molar-refractivity contribution in [2.24, 2.45) is 0 Å². The molecule has 1 N–H and O–H groups in total. The van der Waals surface area contributed by atoms with Crippen molar-refractivity contribution < 1.29 is 18.4 Å². The maximum atomic E-state index is 12.1. The Balaban J connectivity index is 2.84. The Hall–Kier alpha value is -1.76. The van der Waals surface area contributed by atoms with E-state index in [1.54, 1.807) is 0 Å². The lowest BCUT2D eigenvalue weighted by molar-refractivity contribution is -0.384. The van der Waals surface area contributed by atoms with Gasteiger partial charge in [0.25, 0.3) is 12.1 Å². The smallest absolute Gasteiger partial charge is 0.272 e. The highest BCUT2D eigenvalue weighted by molar-refractivity contribution is 5.43. The van der Waals surface area contributed by atoms with Gasteiger partial charge in [-0.2, -0.15) is 0 Å². The normalized spacial score (nSPS) is 10.7. The number of benzene rings is 1. The number of nitro benzene ring substituents is 1. The zero-order valence-corrected chi connectivity index (χ0v) is 10.6. The van der Waals surface area contributed by atoms with Crippen LogP contribution in [0.1, 0.15) is 18.9 Å². The predicted molar refractivity (Wildman–Crippen MR) is 66.6 cm³/mol. The van der Waals surface area contributed by atoms with E-state index in [2.05, 4.69) is 5.32 Å². The van der Waals surface area contributed by atoms with Crippen molar-refractivity contribution in [1.29, 1.82) is 0 Å². The molecule has 0 aliphatic rings. The number of non-ortho nitro benzene ring substituents is 1. The van der Waals surface area contributed by atoms with Crippen molar-refractivity contribution in [3.63, 3.8) is 0 Å². The highest BCUT2D eigenvalue weighted by Crippen LogP contribution is 2.24. The summed E-state index contributed by atoms with van der Waals surface area (Å²) < 4.78 is 29.2. The molecule has 0 aliphatic carbocycles. The lowest BCUT2D eigenvalue weighted by Gasteiger charge is -2.11. The van der Waals surface area contributed by atoms with Gasteiger partial charge >= 0.3 is 0 Å². The van der Waals surface area contributed by atoms with Gasteiger partial charge in [0.15, 0.2) is 0 Å². The van der Waals surface area contributed by atoms with Crippen molar-refractivity contribution in [2.75, 3.05) is 13.2 Å². The van der Waals surface area contributed by atoms with Crippen LogP contribution >= 0.6 is 0 Å². The summed E-state index contributed by atoms with van der Waals surface area (Å²) in [6.07, 6.45) is -1.67. The predicted octanol–water partition coefficient (Wildman–Crippen LogP) is 2.74. The molecule has 1 aromatic rings. The first-order valence-corrected chi connectivity index (χ1v) is 5.93. The van der Waals surface area contributed by atoms with E-state index in [0.29, 0.717) is 12.1 Å². The van der Waals surface area contributed by atoms with Gasteiger partial charge in [0.1, 0.15) is 12.4 Å². The highest BCUT2D eigenvalue weighted by atomic mass is 19.3. The lowest BCUT2D eigenvalue weighted by Crippen LogP contribution is -2.16. The van der Waals surface area contributed by atoms with Crippen molar-refractivity contribution in [1.82, 2.24) is 5.32 Å². The van der Waals surface area contributed by atoms with Crippen molar-refractivity contribution in [3.8, 4) is 5.75 Å². The number of hydrogen-bond donors (Lipinski definition) is 1. The van der Waals surface area contributed by atoms with Crippen LogP contribution in [0.4, 0.5) is 14.5 Å². The van der Waals surface area contributed by atoms with Crippen LogP contribution in [0.25, 0.3) is 0 Å². The Labute approximate surface area is 109 Å². The monoisotopic (exact) mass is 274 g/mol. The Morgan fingerprint density at radius 3 is 2.79 bits per heavy atom. The summed E-state index contributed by atoms with van der Waals surface area (Å²) in [5.74, 6) is 0.245. The van der Waals surface area contributed by atoms with E-state index in [1.165, 1.54) is 18.2 Å². The summed E-state index contributed by atoms with van der Waals surface area (Å²) in [5.41, 5.74) is 0.418. The van der Waals surface area contributed by atoms with Crippen LogP contribution in [0.15, 0.2) is 18.2 Å². The molecule has 0 amide bonds. The number of rotatable bonds is 8. The van der Waals surface area contributed by atoms with Crippen molar-refractivity contribution in [3.05, 3.63) is 33.9 Å². The van der Waals surface area contributed by atoms with E-state index in [4.69, 9.17) is 4.74 Å². The third-order valence-corrected chi connectivity index (χ3v) is 2.36. The van der Waals surface area contributed by atoms with Gasteiger partial charge in [0, 0.05) is 24.2 Å². The van der Waals surface area contributed by atoms with E-state index in [-0.39, 0.29) is 11.4 Å². The molecular weight excluding hydrogens is 258 g/mol. The minimum atomic E-state index is -2.58. The topological polar surface area (TPSA) is 64.4 Å². The second kappa shape index (κ2) is 7.63. The Bertz CT molecular complexity index is 427. The number of hydrogen-bond acceptors (Lipinski definition) is 4. The average Bonchev–Trinajstić information content (AvgIpc) is 2.37. The van der Waals surface area contributed by atoms with Gasteiger partial charge in [0.05, 0.1) is 4.92 Å². The van der Waals surface area contributed by atoms with Crippen LogP contribution in [-0.4, -0.2) is 24.5 Å². The maximum Gasteiger partial charge on any atom is 0.272 e. The van der Waals surface area contributed by atoms with Crippen LogP contribution in [-0.2, 0) is 6.54 Å². The molecule has 0 atom stereocenters. The molecule has 1 rings (SSSR count). The van der Waals surface area contributed by atoms with Crippen LogP contribution in [0.3, 0.4) is 0 Å². The third-order valence-electron chi connectivity index (χ3n) is 2.36. The van der Waals surface area contributed by atoms with Gasteiger partial charge in [-0.15, -0.1) is 0 Å². The third kappa shape index (κ3) is 5.17. The Kier molecular flexibility index (Phi) is 6.14. The Morgan fingerprint density at radius 2 is 2.21 bits per heavy atom. The van der Waals surface area contributed by atoms with E-state index in [9.17, 15) is 18.9 Å². The van der Waals surface area contributed by atoms with E-state index < -0.39 is 18.0 Å². The van der Waals surface area contributed by atoms with Crippen LogP contribution in [0, 0.1) is 10.1 Å². The molecular formula is C12H16F2N2O3. The Morgan fingerprint density at radius 1 is 1.47 bits per heavy atom. The molecule has 19 heavy (non-hydrogen) atoms. The number of nitrogens with one attached hydrogen (secondary N) is 1. The first-order chi connectivity index (χ1) is 9.04. The molecule has 0 aliphatic heterocycles. The lowest BCUT2D eigenvalue weighted by atomic mass is 10.1. The van der Waals surface area contributed by atoms with Gasteiger partial charge < -0.3 is 10.1 Å². The number of nitro groups is 1. The number of alkyl halides is 2. The summed E-state index contributed by atoms with van der Waals surface area (Å²) in [6, 6.07) is 3.93. The SMILES string of the molecule is CCCNCc1cc([N+](=O)[O-])ccc1OCC(F)F. The fourth-order valence-corrected chi connectivity index (χ4v) is 1.51. The van der Waals surface area contributed by atoms with Crippen LogP contribution < -0.4 is 10.1 Å². The summed E-state index contributed by atoms with van der Waals surface area (Å²) in [6.45, 7) is 2.33. The average molecular weight is 274 g/mol.